The van der Waals surface area contributed by atoms with E-state index in [4.69, 9.17) is 9.47 Å². The number of nitrogens with one attached hydrogen (secondary N) is 1. The van der Waals surface area contributed by atoms with E-state index in [0.717, 1.165) is 0 Å². The summed E-state index contributed by atoms with van der Waals surface area (Å²) in [5.41, 5.74) is 1.10. The van der Waals surface area contributed by atoms with Crippen LogP contribution in [0.1, 0.15) is 11.4 Å². The highest BCUT2D eigenvalue weighted by Gasteiger charge is 2.12. The monoisotopic (exact) mass is 333 g/mol. The molecule has 1 heterocycles. The van der Waals surface area contributed by atoms with Gasteiger partial charge < -0.3 is 14.5 Å². The minimum absolute atomic E-state index is 0.205. The molecule has 2 aromatic carbocycles. The first-order valence-corrected chi connectivity index (χ1v) is 7.50. The third-order valence-electron chi connectivity index (χ3n) is 3.72. The molecule has 6 nitrogen and oxygen atoms in total. The van der Waals surface area contributed by atoms with Crippen LogP contribution in [0.4, 0.5) is 0 Å². The zero-order chi connectivity index (χ0) is 17.8. The fourth-order valence-corrected chi connectivity index (χ4v) is 2.55. The van der Waals surface area contributed by atoms with E-state index in [1.165, 1.54) is 7.11 Å². The normalized spacial score (nSPS) is 11.2. The van der Waals surface area contributed by atoms with E-state index in [1.807, 2.05) is 0 Å². The minimum atomic E-state index is -0.292. The van der Waals surface area contributed by atoms with Crippen LogP contribution in [-0.4, -0.2) is 24.2 Å². The number of methoxy groups -OCH3 is 2. The summed E-state index contributed by atoms with van der Waals surface area (Å²) in [6.07, 6.45) is 1.61. The molecule has 0 radical (unpaired) electrons. The van der Waals surface area contributed by atoms with E-state index in [2.05, 4.69) is 16.0 Å². The topological polar surface area (TPSA) is 88.0 Å². The fraction of sp³-hybridized carbons (Fsp3) is 0.105. The van der Waals surface area contributed by atoms with Crippen LogP contribution in [0, 0.1) is 11.3 Å². The molecule has 0 saturated carbocycles. The highest BCUT2D eigenvalue weighted by Crippen LogP contribution is 2.32. The quantitative estimate of drug-likeness (QED) is 0.742. The summed E-state index contributed by atoms with van der Waals surface area (Å²) >= 11 is 0. The number of hydrogen-bond donors (Lipinski definition) is 1. The van der Waals surface area contributed by atoms with Crippen molar-refractivity contribution in [3.63, 3.8) is 0 Å². The van der Waals surface area contributed by atoms with Gasteiger partial charge in [0.1, 0.15) is 6.07 Å². The summed E-state index contributed by atoms with van der Waals surface area (Å²) in [6.45, 7) is 0. The van der Waals surface area contributed by atoms with Gasteiger partial charge in [0.15, 0.2) is 17.3 Å². The van der Waals surface area contributed by atoms with E-state index < -0.39 is 0 Å². The van der Waals surface area contributed by atoms with E-state index in [-0.39, 0.29) is 17.0 Å². The van der Waals surface area contributed by atoms with Gasteiger partial charge in [-0.15, -0.1) is 0 Å². The average molecular weight is 333 g/mol. The summed E-state index contributed by atoms with van der Waals surface area (Å²) in [7, 11) is 3.07. The molecule has 124 valence electrons. The number of hydrogen-bond acceptors (Lipinski definition) is 5. The van der Waals surface area contributed by atoms with Crippen molar-refractivity contribution in [2.45, 2.75) is 0 Å². The smallest absolute Gasteiger partial charge is 0.259 e. The maximum atomic E-state index is 12.2. The van der Waals surface area contributed by atoms with Gasteiger partial charge >= 0.3 is 0 Å². The molecule has 0 saturated heterocycles. The molecule has 1 N–H and O–H groups in total. The van der Waals surface area contributed by atoms with Crippen LogP contribution in [0.25, 0.3) is 22.6 Å². The summed E-state index contributed by atoms with van der Waals surface area (Å²) in [4.78, 5) is 19.3. The molecule has 0 aliphatic rings. The summed E-state index contributed by atoms with van der Waals surface area (Å²) in [5, 5.41) is 10.0. The Hall–Kier alpha value is -3.59. The van der Waals surface area contributed by atoms with Crippen LogP contribution >= 0.6 is 0 Å². The lowest BCUT2D eigenvalue weighted by Crippen LogP contribution is -2.11. The van der Waals surface area contributed by atoms with Gasteiger partial charge in [0.05, 0.1) is 30.7 Å². The largest absolute Gasteiger partial charge is 0.493 e. The Balaban J connectivity index is 2.18. The predicted molar refractivity (Wildman–Crippen MR) is 95.4 cm³/mol. The van der Waals surface area contributed by atoms with E-state index in [1.54, 1.807) is 55.7 Å². The third kappa shape index (κ3) is 3.08. The number of fused-ring (bicyclic) bond motifs is 1. The van der Waals surface area contributed by atoms with Crippen molar-refractivity contribution in [1.82, 2.24) is 9.97 Å². The van der Waals surface area contributed by atoms with Crippen molar-refractivity contribution >= 4 is 22.6 Å². The second kappa shape index (κ2) is 6.89. The Morgan fingerprint density at radius 1 is 1.16 bits per heavy atom. The Morgan fingerprint density at radius 3 is 2.68 bits per heavy atom. The highest BCUT2D eigenvalue weighted by atomic mass is 16.5. The van der Waals surface area contributed by atoms with Crippen LogP contribution in [0.15, 0.2) is 47.3 Å². The maximum absolute atomic E-state index is 12.2. The molecule has 0 fully saturated rings. The lowest BCUT2D eigenvalue weighted by molar-refractivity contribution is 0.354. The molecule has 0 atom stereocenters. The summed E-state index contributed by atoms with van der Waals surface area (Å²) in [6, 6.07) is 14.4. The van der Waals surface area contributed by atoms with Gasteiger partial charge in [-0.1, -0.05) is 24.3 Å². The number of aromatic amines is 1. The first kappa shape index (κ1) is 16.3. The molecule has 0 unspecified atom stereocenters. The molecular weight excluding hydrogens is 318 g/mol. The maximum Gasteiger partial charge on any atom is 0.259 e. The molecule has 0 spiro atoms. The minimum Gasteiger partial charge on any atom is -0.493 e. The van der Waals surface area contributed by atoms with Crippen molar-refractivity contribution in [2.24, 2.45) is 0 Å². The lowest BCUT2D eigenvalue weighted by atomic mass is 10.1. The van der Waals surface area contributed by atoms with Gasteiger partial charge in [-0.2, -0.15) is 5.26 Å². The number of benzene rings is 2. The number of H-pyrrole nitrogens is 1. The van der Waals surface area contributed by atoms with Crippen molar-refractivity contribution in [3.05, 3.63) is 64.2 Å². The number of nitriles is 1. The lowest BCUT2D eigenvalue weighted by Gasteiger charge is -2.10. The van der Waals surface area contributed by atoms with Crippen LogP contribution in [0.5, 0.6) is 11.5 Å². The second-order valence-corrected chi connectivity index (χ2v) is 5.18. The molecule has 1 aromatic heterocycles. The zero-order valence-electron chi connectivity index (χ0n) is 13.7. The van der Waals surface area contributed by atoms with Gasteiger partial charge in [-0.05, 0) is 24.3 Å². The number of allylic oxidation sites excluding steroid dienone is 1. The van der Waals surface area contributed by atoms with Crippen molar-refractivity contribution < 1.29 is 9.47 Å². The zero-order valence-corrected chi connectivity index (χ0v) is 13.7. The summed E-state index contributed by atoms with van der Waals surface area (Å²) < 4.78 is 10.6. The molecule has 0 bridgehead atoms. The highest BCUT2D eigenvalue weighted by molar-refractivity contribution is 5.90. The van der Waals surface area contributed by atoms with E-state index >= 15 is 0 Å². The number of ether oxygens (including phenoxy) is 2. The third-order valence-corrected chi connectivity index (χ3v) is 3.72. The average Bonchev–Trinajstić information content (AvgIpc) is 2.65. The number of nitrogens with zero attached hydrogens (tertiary/aromatic N) is 2. The Morgan fingerprint density at radius 2 is 1.96 bits per heavy atom. The Labute approximate surface area is 144 Å². The first-order chi connectivity index (χ1) is 12.2. The van der Waals surface area contributed by atoms with Crippen LogP contribution in [-0.2, 0) is 0 Å². The van der Waals surface area contributed by atoms with Gasteiger partial charge in [0.25, 0.3) is 5.56 Å². The standard InChI is InChI=1S/C19H15N3O3/c1-24-16-9-5-6-12(17(16)25-2)10-13(11-20)18-21-15-8-4-3-7-14(15)19(23)22-18/h3-10H,1-2H3,(H,21,22,23)/b13-10-. The van der Waals surface area contributed by atoms with Crippen molar-refractivity contribution in [3.8, 4) is 17.6 Å². The Bertz CT molecular complexity index is 1060. The van der Waals surface area contributed by atoms with Gasteiger partial charge in [0.2, 0.25) is 0 Å². The van der Waals surface area contributed by atoms with Crippen LogP contribution < -0.4 is 15.0 Å². The molecule has 6 heteroatoms. The molecule has 0 aliphatic heterocycles. The molecule has 3 aromatic rings. The molecule has 0 aliphatic carbocycles. The fourth-order valence-electron chi connectivity index (χ4n) is 2.55. The molecule has 3 rings (SSSR count). The predicted octanol–water partition coefficient (Wildman–Crippen LogP) is 3.00. The molecular formula is C19H15N3O3. The van der Waals surface area contributed by atoms with Gasteiger partial charge in [-0.25, -0.2) is 4.98 Å². The SMILES string of the molecule is COc1cccc(/C=C(/C#N)c2nc3ccccc3c(=O)[nH]2)c1OC. The first-order valence-electron chi connectivity index (χ1n) is 7.50. The number of para-hydroxylation sites is 2. The molecule has 25 heavy (non-hydrogen) atoms. The van der Waals surface area contributed by atoms with E-state index in [9.17, 15) is 10.1 Å². The van der Waals surface area contributed by atoms with Gasteiger partial charge in [0, 0.05) is 5.56 Å². The van der Waals surface area contributed by atoms with E-state index in [0.29, 0.717) is 28.0 Å². The molecule has 0 amide bonds. The Kier molecular flexibility index (Phi) is 4.48. The van der Waals surface area contributed by atoms with Crippen molar-refractivity contribution in [2.75, 3.05) is 14.2 Å². The second-order valence-electron chi connectivity index (χ2n) is 5.18. The number of aromatic nitrogens is 2. The van der Waals surface area contributed by atoms with Crippen LogP contribution in [0.3, 0.4) is 0 Å². The van der Waals surface area contributed by atoms with Crippen LogP contribution in [0.2, 0.25) is 0 Å². The summed E-state index contributed by atoms with van der Waals surface area (Å²) in [5.74, 6) is 1.26. The van der Waals surface area contributed by atoms with Gasteiger partial charge in [-0.3, -0.25) is 4.79 Å². The number of rotatable bonds is 4. The van der Waals surface area contributed by atoms with Crippen molar-refractivity contribution in [1.29, 1.82) is 5.26 Å².